The van der Waals surface area contributed by atoms with Crippen molar-refractivity contribution in [1.82, 2.24) is 4.57 Å². The summed E-state index contributed by atoms with van der Waals surface area (Å²) in [5.74, 6) is -0.240. The van der Waals surface area contributed by atoms with E-state index in [4.69, 9.17) is 10.5 Å². The lowest BCUT2D eigenvalue weighted by Crippen LogP contribution is -2.13. The molecule has 3 N–H and O–H groups in total. The van der Waals surface area contributed by atoms with Gasteiger partial charge in [0.25, 0.3) is 5.91 Å². The molecule has 5 heteroatoms. The molecule has 1 aromatic carbocycles. The number of amides is 1. The normalized spacial score (nSPS) is 11.1. The zero-order chi connectivity index (χ0) is 19.8. The molecule has 5 nitrogen and oxygen atoms in total. The van der Waals surface area contributed by atoms with Crippen LogP contribution in [-0.2, 0) is 17.7 Å². The summed E-state index contributed by atoms with van der Waals surface area (Å²) >= 11 is 0. The summed E-state index contributed by atoms with van der Waals surface area (Å²) in [5.41, 5.74) is 10.0. The number of nitrogens with zero attached hydrogens (tertiary/aromatic N) is 1. The predicted molar refractivity (Wildman–Crippen MR) is 109 cm³/mol. The van der Waals surface area contributed by atoms with E-state index in [9.17, 15) is 9.90 Å². The van der Waals surface area contributed by atoms with Crippen LogP contribution in [0.15, 0.2) is 24.3 Å². The molecule has 2 rings (SSSR count). The number of unbranched alkanes of at least 4 members (excludes halogenated alkanes) is 2. The molecule has 1 heterocycles. The first kappa shape index (κ1) is 21.0. The zero-order valence-electron chi connectivity index (χ0n) is 16.8. The van der Waals surface area contributed by atoms with Crippen molar-refractivity contribution in [2.75, 3.05) is 13.2 Å². The summed E-state index contributed by atoms with van der Waals surface area (Å²) in [4.78, 5) is 12.3. The van der Waals surface area contributed by atoms with E-state index in [-0.39, 0.29) is 5.75 Å². The molecule has 0 saturated carbocycles. The molecule has 1 aromatic heterocycles. The van der Waals surface area contributed by atoms with E-state index in [0.717, 1.165) is 61.2 Å². The monoisotopic (exact) mass is 372 g/mol. The van der Waals surface area contributed by atoms with Gasteiger partial charge in [-0.05, 0) is 50.8 Å². The van der Waals surface area contributed by atoms with Gasteiger partial charge in [0, 0.05) is 36.7 Å². The first-order valence-corrected chi connectivity index (χ1v) is 9.90. The number of aromatic nitrogens is 1. The molecular weight excluding hydrogens is 340 g/mol. The lowest BCUT2D eigenvalue weighted by molar-refractivity contribution is 0.1000. The maximum atomic E-state index is 12.3. The summed E-state index contributed by atoms with van der Waals surface area (Å²) in [5, 5.41) is 9.95. The van der Waals surface area contributed by atoms with Gasteiger partial charge in [0.05, 0.1) is 5.56 Å². The number of aromatic hydroxyl groups is 1. The van der Waals surface area contributed by atoms with E-state index in [0.29, 0.717) is 18.8 Å². The highest BCUT2D eigenvalue weighted by Gasteiger charge is 2.24. The lowest BCUT2D eigenvalue weighted by atomic mass is 9.97. The zero-order valence-corrected chi connectivity index (χ0v) is 16.8. The van der Waals surface area contributed by atoms with E-state index >= 15 is 0 Å². The van der Waals surface area contributed by atoms with E-state index in [1.807, 2.05) is 19.9 Å². The number of hydrogen-bond donors (Lipinski definition) is 2. The third kappa shape index (κ3) is 5.13. The van der Waals surface area contributed by atoms with Crippen LogP contribution in [0, 0.1) is 6.92 Å². The van der Waals surface area contributed by atoms with Gasteiger partial charge in [-0.15, -0.1) is 0 Å². The van der Waals surface area contributed by atoms with E-state index in [2.05, 4.69) is 11.5 Å². The fourth-order valence-corrected chi connectivity index (χ4v) is 3.65. The molecule has 148 valence electrons. The number of phenolic OH excluding ortho intramolecular Hbond substituents is 1. The fourth-order valence-electron chi connectivity index (χ4n) is 3.65. The predicted octanol–water partition coefficient (Wildman–Crippen LogP) is 4.43. The minimum atomic E-state index is -0.425. The van der Waals surface area contributed by atoms with Crippen molar-refractivity contribution in [3.63, 3.8) is 0 Å². The Balaban J connectivity index is 2.54. The molecule has 0 aliphatic carbocycles. The van der Waals surface area contributed by atoms with Crippen molar-refractivity contribution in [1.29, 1.82) is 0 Å². The molecule has 0 radical (unpaired) electrons. The molecule has 0 aliphatic rings. The Morgan fingerprint density at radius 3 is 2.63 bits per heavy atom. The molecule has 0 unspecified atom stereocenters. The van der Waals surface area contributed by atoms with E-state index < -0.39 is 5.91 Å². The van der Waals surface area contributed by atoms with Crippen LogP contribution >= 0.6 is 0 Å². The van der Waals surface area contributed by atoms with Gasteiger partial charge in [-0.25, -0.2) is 0 Å². The minimum absolute atomic E-state index is 0.184. The molecule has 0 atom stereocenters. The largest absolute Gasteiger partial charge is 0.508 e. The molecule has 1 amide bonds. The Hall–Kier alpha value is -2.27. The fraction of sp³-hybridized carbons (Fsp3) is 0.500. The summed E-state index contributed by atoms with van der Waals surface area (Å²) in [6.45, 7) is 8.30. The summed E-state index contributed by atoms with van der Waals surface area (Å²) in [6.07, 6.45) is 5.07. The summed E-state index contributed by atoms with van der Waals surface area (Å²) in [6, 6.07) is 7.06. The Labute approximate surface area is 162 Å². The van der Waals surface area contributed by atoms with Crippen molar-refractivity contribution in [2.24, 2.45) is 5.73 Å². The van der Waals surface area contributed by atoms with Gasteiger partial charge in [0.15, 0.2) is 0 Å². The third-order valence-corrected chi connectivity index (χ3v) is 4.90. The average Bonchev–Trinajstić information content (AvgIpc) is 2.91. The molecule has 0 saturated heterocycles. The van der Waals surface area contributed by atoms with Crippen molar-refractivity contribution in [3.05, 3.63) is 41.2 Å². The minimum Gasteiger partial charge on any atom is -0.508 e. The Bertz CT molecular complexity index is 765. The molecule has 2 aromatic rings. The molecule has 0 fully saturated rings. The number of phenols is 1. The molecule has 0 spiro atoms. The lowest BCUT2D eigenvalue weighted by Gasteiger charge is -2.13. The number of carbonyl (C=O) groups excluding carboxylic acids is 1. The number of rotatable bonds is 11. The van der Waals surface area contributed by atoms with Gasteiger partial charge < -0.3 is 20.1 Å². The Morgan fingerprint density at radius 2 is 2.00 bits per heavy atom. The van der Waals surface area contributed by atoms with Crippen molar-refractivity contribution in [3.8, 4) is 16.9 Å². The highest BCUT2D eigenvalue weighted by molar-refractivity contribution is 6.02. The van der Waals surface area contributed by atoms with Crippen LogP contribution in [0.4, 0.5) is 0 Å². The number of carbonyl (C=O) groups is 1. The molecule has 27 heavy (non-hydrogen) atoms. The maximum absolute atomic E-state index is 12.3. The number of hydrogen-bond acceptors (Lipinski definition) is 3. The topological polar surface area (TPSA) is 77.5 Å². The van der Waals surface area contributed by atoms with Crippen LogP contribution in [0.5, 0.6) is 5.75 Å². The van der Waals surface area contributed by atoms with Gasteiger partial charge >= 0.3 is 0 Å². The summed E-state index contributed by atoms with van der Waals surface area (Å²) < 4.78 is 7.70. The smallest absolute Gasteiger partial charge is 0.251 e. The molecular formula is C22H32N2O3. The van der Waals surface area contributed by atoms with Crippen LogP contribution < -0.4 is 5.73 Å². The average molecular weight is 373 g/mol. The first-order valence-electron chi connectivity index (χ1n) is 9.90. The van der Waals surface area contributed by atoms with Crippen LogP contribution in [0.2, 0.25) is 0 Å². The van der Waals surface area contributed by atoms with Gasteiger partial charge in [-0.1, -0.05) is 31.9 Å². The highest BCUT2D eigenvalue weighted by Crippen LogP contribution is 2.35. The molecule has 0 bridgehead atoms. The van der Waals surface area contributed by atoms with Crippen LogP contribution in [0.1, 0.15) is 61.3 Å². The van der Waals surface area contributed by atoms with Crippen LogP contribution in [0.25, 0.3) is 11.1 Å². The Morgan fingerprint density at radius 1 is 1.22 bits per heavy atom. The summed E-state index contributed by atoms with van der Waals surface area (Å²) in [7, 11) is 0. The van der Waals surface area contributed by atoms with Gasteiger partial charge in [0.2, 0.25) is 0 Å². The van der Waals surface area contributed by atoms with Gasteiger partial charge in [-0.2, -0.15) is 0 Å². The SMILES string of the molecule is CCCCCc1c(-c2cccc(O)c2)c(C(N)=O)c(C)n1CCCOCC. The van der Waals surface area contributed by atoms with Crippen molar-refractivity contribution in [2.45, 2.75) is 59.4 Å². The highest BCUT2D eigenvalue weighted by atomic mass is 16.5. The number of primary amides is 1. The maximum Gasteiger partial charge on any atom is 0.251 e. The number of nitrogens with two attached hydrogens (primary N) is 1. The van der Waals surface area contributed by atoms with Crippen molar-refractivity contribution < 1.29 is 14.6 Å². The first-order chi connectivity index (χ1) is 13.0. The van der Waals surface area contributed by atoms with Crippen LogP contribution in [-0.4, -0.2) is 28.8 Å². The second-order valence-corrected chi connectivity index (χ2v) is 6.86. The standard InChI is InChI=1S/C22H32N2O3/c1-4-6-7-12-19-21(17-10-8-11-18(25)15-17)20(22(23)26)16(3)24(19)13-9-14-27-5-2/h8,10-11,15,25H,4-7,9,12-14H2,1-3H3,(H2,23,26). The quantitative estimate of drug-likeness (QED) is 0.573. The second-order valence-electron chi connectivity index (χ2n) is 6.86. The Kier molecular flexibility index (Phi) is 7.92. The van der Waals surface area contributed by atoms with E-state index in [1.165, 1.54) is 0 Å². The third-order valence-electron chi connectivity index (χ3n) is 4.90. The van der Waals surface area contributed by atoms with Crippen LogP contribution in [0.3, 0.4) is 0 Å². The van der Waals surface area contributed by atoms with Gasteiger partial charge in [-0.3, -0.25) is 4.79 Å². The number of ether oxygens (including phenoxy) is 1. The van der Waals surface area contributed by atoms with Gasteiger partial charge in [0.1, 0.15) is 5.75 Å². The van der Waals surface area contributed by atoms with E-state index in [1.54, 1.807) is 18.2 Å². The van der Waals surface area contributed by atoms with Crippen molar-refractivity contribution >= 4 is 5.91 Å². The number of benzene rings is 1. The molecule has 0 aliphatic heterocycles. The second kappa shape index (κ2) is 10.2.